The molecule has 4 rings (SSSR count). The van der Waals surface area contributed by atoms with Crippen LogP contribution in [0.1, 0.15) is 112 Å². The third-order valence-electron chi connectivity index (χ3n) is 12.5. The van der Waals surface area contributed by atoms with Crippen molar-refractivity contribution < 1.29 is 32.7 Å². The van der Waals surface area contributed by atoms with Crippen molar-refractivity contribution in [1.29, 1.82) is 0 Å². The average molecular weight is 626 g/mol. The molecule has 1 amide bonds. The van der Waals surface area contributed by atoms with Gasteiger partial charge < -0.3 is 24.1 Å². The maximum atomic E-state index is 12.8. The van der Waals surface area contributed by atoms with E-state index in [1.54, 1.807) is 0 Å². The normalized spacial score (nSPS) is 37.3. The van der Waals surface area contributed by atoms with E-state index in [0.29, 0.717) is 16.7 Å². The first-order valence-corrected chi connectivity index (χ1v) is 18.5. The van der Waals surface area contributed by atoms with E-state index in [-0.39, 0.29) is 24.4 Å². The Labute approximate surface area is 260 Å². The highest BCUT2D eigenvalue weighted by atomic mass is 31.2. The fraction of sp³-hybridized carbons (Fsp3) is 0.882. The Balaban J connectivity index is 1.37. The van der Waals surface area contributed by atoms with E-state index in [9.17, 15) is 14.2 Å². The smallest absolute Gasteiger partial charge is 0.446 e. The van der Waals surface area contributed by atoms with Crippen molar-refractivity contribution in [2.24, 2.45) is 45.8 Å². The van der Waals surface area contributed by atoms with Gasteiger partial charge in [0, 0.05) is 6.42 Å². The Morgan fingerprint density at radius 2 is 1.84 bits per heavy atom. The van der Waals surface area contributed by atoms with Gasteiger partial charge in [0.2, 0.25) is 6.61 Å². The van der Waals surface area contributed by atoms with Crippen LogP contribution in [0.4, 0.5) is 4.79 Å². The number of methoxy groups -OCH3 is 1. The number of rotatable bonds is 12. The van der Waals surface area contributed by atoms with Crippen LogP contribution in [-0.4, -0.2) is 54.6 Å². The van der Waals surface area contributed by atoms with Gasteiger partial charge in [-0.25, -0.2) is 9.36 Å². The highest BCUT2D eigenvalue weighted by Gasteiger charge is 2.64. The molecule has 3 saturated carbocycles. The molecule has 0 aromatic rings. The molecule has 0 radical (unpaired) electrons. The Hall–Kier alpha value is -1.37. The van der Waals surface area contributed by atoms with Gasteiger partial charge in [-0.1, -0.05) is 72.5 Å². The molecule has 0 aromatic carbocycles. The summed E-state index contributed by atoms with van der Waals surface area (Å²) in [6, 6.07) is 0. The van der Waals surface area contributed by atoms with Gasteiger partial charge in [-0.2, -0.15) is 0 Å². The third kappa shape index (κ3) is 7.07. The maximum absolute atomic E-state index is 12.8. The number of carbonyl (C=O) groups excluding carboxylic acids is 2. The Morgan fingerprint density at radius 3 is 2.51 bits per heavy atom. The zero-order valence-electron chi connectivity index (χ0n) is 28.1. The van der Waals surface area contributed by atoms with E-state index in [1.807, 2.05) is 0 Å². The van der Waals surface area contributed by atoms with Gasteiger partial charge in [-0.15, -0.1) is 0 Å². The number of esters is 1. The van der Waals surface area contributed by atoms with E-state index in [4.69, 9.17) is 9.26 Å². The lowest BCUT2D eigenvalue weighted by atomic mass is 9.41. The number of hydrogen-bond donors (Lipinski definition) is 1. The molecule has 8 nitrogen and oxygen atoms in total. The molecule has 43 heavy (non-hydrogen) atoms. The summed E-state index contributed by atoms with van der Waals surface area (Å²) >= 11 is 0. The van der Waals surface area contributed by atoms with Crippen molar-refractivity contribution in [1.82, 2.24) is 5.32 Å². The van der Waals surface area contributed by atoms with E-state index < -0.39 is 19.7 Å². The lowest BCUT2D eigenvalue weighted by Gasteiger charge is -2.63. The van der Waals surface area contributed by atoms with E-state index in [0.717, 1.165) is 49.4 Å². The van der Waals surface area contributed by atoms with Crippen molar-refractivity contribution in [2.45, 2.75) is 118 Å². The largest absolute Gasteiger partial charge is 0.510 e. The van der Waals surface area contributed by atoms with Crippen molar-refractivity contribution in [3.8, 4) is 0 Å². The molecule has 9 atom stereocenters. The molecular weight excluding hydrogens is 565 g/mol. The molecule has 9 heteroatoms. The van der Waals surface area contributed by atoms with Crippen LogP contribution in [0.2, 0.25) is 0 Å². The topological polar surface area (TPSA) is 108 Å². The lowest BCUT2D eigenvalue weighted by Crippen LogP contribution is -2.56. The number of ether oxygens (including phenoxy) is 2. The van der Waals surface area contributed by atoms with Crippen LogP contribution in [-0.2, 0) is 18.6 Å². The van der Waals surface area contributed by atoms with Gasteiger partial charge >= 0.3 is 19.7 Å². The number of amides is 1. The number of carbonyl (C=O) groups is 1. The second kappa shape index (κ2) is 13.5. The van der Waals surface area contributed by atoms with Gasteiger partial charge in [-0.05, 0) is 90.8 Å². The van der Waals surface area contributed by atoms with E-state index in [1.165, 1.54) is 64.7 Å². The molecule has 0 aromatic heterocycles. The first-order chi connectivity index (χ1) is 20.2. The number of allylic oxidation sites excluding steroid dienone is 1. The van der Waals surface area contributed by atoms with Crippen LogP contribution < -0.4 is 5.32 Å². The van der Waals surface area contributed by atoms with Crippen molar-refractivity contribution in [3.63, 3.8) is 0 Å². The Morgan fingerprint density at radius 1 is 1.09 bits per heavy atom. The Bertz CT molecular complexity index is 1090. The molecule has 1 unspecified atom stereocenters. The first kappa shape index (κ1) is 34.5. The van der Waals surface area contributed by atoms with Gasteiger partial charge in [0.15, 0.2) is 13.4 Å². The monoisotopic (exact) mass is 625 g/mol. The second-order valence-corrected chi connectivity index (χ2v) is 17.6. The zero-order valence-corrected chi connectivity index (χ0v) is 29.0. The van der Waals surface area contributed by atoms with Gasteiger partial charge in [0.05, 0.1) is 0 Å². The van der Waals surface area contributed by atoms with Crippen LogP contribution in [0.5, 0.6) is 0 Å². The molecule has 3 fully saturated rings. The predicted octanol–water partition coefficient (Wildman–Crippen LogP) is 7.99. The number of fused-ring (bicyclic) bond motifs is 5. The molecule has 246 valence electrons. The fourth-order valence-electron chi connectivity index (χ4n) is 10.2. The van der Waals surface area contributed by atoms with Crippen LogP contribution in [0, 0.1) is 45.8 Å². The van der Waals surface area contributed by atoms with E-state index in [2.05, 4.69) is 62.2 Å². The number of alkyl carbamates (subject to hydrolysis) is 1. The molecule has 0 aliphatic heterocycles. The quantitative estimate of drug-likeness (QED) is 0.102. The lowest BCUT2D eigenvalue weighted by molar-refractivity contribution is -0.114. The molecular formula is C34H60NO7P+2. The van der Waals surface area contributed by atoms with Crippen molar-refractivity contribution in [3.05, 3.63) is 11.6 Å². The molecule has 0 bridgehead atoms. The minimum atomic E-state index is -3.53. The standard InChI is InChI=1S/C34H58NO7P/c1-23(2)10-9-11-24(3)27-12-13-28-33(27,5)19-16-29-32(4)18-15-26(20-25(32)14-17-34(28,29)6)42-31(37)35-22-43(38,40-8)41-21-30(36)39-7/h14,23-24,26-29H,9-13,15-22H2,1-8H3,(H,35,37)/p+2/t24-,26+,27-,28-,29-,32+,33-,34+,43?/m1/s1. The zero-order chi connectivity index (χ0) is 31.6. The van der Waals surface area contributed by atoms with Crippen LogP contribution in [0.15, 0.2) is 11.6 Å². The number of nitrogens with one attached hydrogen (secondary N) is 1. The van der Waals surface area contributed by atoms with Crippen LogP contribution in [0.25, 0.3) is 0 Å². The highest BCUT2D eigenvalue weighted by Crippen LogP contribution is 2.72. The third-order valence-corrected chi connectivity index (χ3v) is 14.2. The van der Waals surface area contributed by atoms with Crippen LogP contribution in [0.3, 0.4) is 0 Å². The van der Waals surface area contributed by atoms with Crippen LogP contribution >= 0.6 is 7.60 Å². The maximum Gasteiger partial charge on any atom is 0.510 e. The van der Waals surface area contributed by atoms with Gasteiger partial charge in [-0.3, -0.25) is 4.52 Å². The van der Waals surface area contributed by atoms with Crippen molar-refractivity contribution >= 4 is 19.7 Å². The molecule has 0 heterocycles. The molecule has 3 N–H and O–H groups in total. The van der Waals surface area contributed by atoms with Gasteiger partial charge in [0.1, 0.15) is 13.2 Å². The number of aliphatic hydroxyl groups is 1. The van der Waals surface area contributed by atoms with Crippen molar-refractivity contribution in [2.75, 3.05) is 27.1 Å². The minimum absolute atomic E-state index is 0.149. The minimum Gasteiger partial charge on any atom is -0.446 e. The SMILES string of the molecule is COC(=[OH+])COP(=O)(CNC(=O)O[C@H]1CC[C@@]2(C)C(=CC[C@@]3(C)[C@@H]4CC[C@H]([C@H](C)CCCC(C)C)[C@@]4(C)CC[C@@H]32)C1)[OH+]C. The fourth-order valence-corrected chi connectivity index (χ4v) is 11.1. The summed E-state index contributed by atoms with van der Waals surface area (Å²) in [7, 11) is -0.886. The summed E-state index contributed by atoms with van der Waals surface area (Å²) < 4.78 is 32.2. The van der Waals surface area contributed by atoms with Gasteiger partial charge in [0.25, 0.3) is 0 Å². The summed E-state index contributed by atoms with van der Waals surface area (Å²) in [6.45, 7) is 14.6. The summed E-state index contributed by atoms with van der Waals surface area (Å²) in [4.78, 5) is 22.1. The summed E-state index contributed by atoms with van der Waals surface area (Å²) in [5.74, 6) is 3.47. The Kier molecular flexibility index (Phi) is 10.9. The number of hydrogen-bond acceptors (Lipinski definition) is 5. The predicted molar refractivity (Wildman–Crippen MR) is 172 cm³/mol. The molecule has 4 aliphatic carbocycles. The summed E-state index contributed by atoms with van der Waals surface area (Å²) in [5.41, 5.74) is 2.37. The molecule has 4 aliphatic rings. The second-order valence-electron chi connectivity index (χ2n) is 15.3. The summed E-state index contributed by atoms with van der Waals surface area (Å²) in [5, 5.41) is 2.56. The summed E-state index contributed by atoms with van der Waals surface area (Å²) in [6.07, 6.45) is 14.6. The average Bonchev–Trinajstić information content (AvgIpc) is 3.33. The first-order valence-electron chi connectivity index (χ1n) is 16.8. The molecule has 0 saturated heterocycles. The molecule has 0 spiro atoms. The highest BCUT2D eigenvalue weighted by molar-refractivity contribution is 7.53. The van der Waals surface area contributed by atoms with E-state index >= 15 is 0 Å².